The highest BCUT2D eigenvalue weighted by atomic mass is 35.5. The lowest BCUT2D eigenvalue weighted by molar-refractivity contribution is 0.110. The van der Waals surface area contributed by atoms with Crippen LogP contribution in [0.15, 0.2) is 24.3 Å². The highest BCUT2D eigenvalue weighted by Crippen LogP contribution is 2.27. The van der Waals surface area contributed by atoms with Gasteiger partial charge in [0.25, 0.3) is 0 Å². The molecule has 0 bridgehead atoms. The number of nitrogens with zero attached hydrogens (tertiary/aromatic N) is 3. The zero-order chi connectivity index (χ0) is 12.5. The normalized spacial score (nSPS) is 14.0. The second-order valence-electron chi connectivity index (χ2n) is 4.09. The van der Waals surface area contributed by atoms with Gasteiger partial charge in [-0.3, -0.25) is 0 Å². The Morgan fingerprint density at radius 1 is 1.44 bits per heavy atom. The van der Waals surface area contributed by atoms with Crippen LogP contribution in [0.5, 0.6) is 0 Å². The van der Waals surface area contributed by atoms with Crippen molar-refractivity contribution < 1.29 is 4.74 Å². The van der Waals surface area contributed by atoms with Gasteiger partial charge in [-0.25, -0.2) is 4.68 Å². The van der Waals surface area contributed by atoms with Crippen LogP contribution in [0.1, 0.15) is 16.8 Å². The molecule has 4 nitrogen and oxygen atoms in total. The molecule has 2 heterocycles. The molecule has 90 valence electrons. The first kappa shape index (κ1) is 11.3. The molecule has 1 aliphatic rings. The molecule has 5 heteroatoms. The lowest BCUT2D eigenvalue weighted by Crippen LogP contribution is -2.08. The van der Waals surface area contributed by atoms with Crippen molar-refractivity contribution in [3.05, 3.63) is 46.2 Å². The van der Waals surface area contributed by atoms with Crippen LogP contribution in [-0.4, -0.2) is 16.4 Å². The van der Waals surface area contributed by atoms with E-state index in [1.807, 2.05) is 12.1 Å². The second-order valence-corrected chi connectivity index (χ2v) is 4.45. The van der Waals surface area contributed by atoms with E-state index >= 15 is 0 Å². The Bertz CT molecular complexity index is 642. The van der Waals surface area contributed by atoms with E-state index in [4.69, 9.17) is 21.6 Å². The Morgan fingerprint density at radius 3 is 3.11 bits per heavy atom. The first-order chi connectivity index (χ1) is 8.79. The summed E-state index contributed by atoms with van der Waals surface area (Å²) in [7, 11) is 0. The third-order valence-corrected chi connectivity index (χ3v) is 3.34. The number of halogens is 1. The zero-order valence-electron chi connectivity index (χ0n) is 9.56. The topological polar surface area (TPSA) is 50.8 Å². The van der Waals surface area contributed by atoms with Crippen molar-refractivity contribution in [1.29, 1.82) is 5.26 Å². The molecule has 0 atom stereocenters. The van der Waals surface area contributed by atoms with Crippen molar-refractivity contribution in [2.24, 2.45) is 0 Å². The van der Waals surface area contributed by atoms with Gasteiger partial charge < -0.3 is 4.74 Å². The van der Waals surface area contributed by atoms with E-state index in [2.05, 4.69) is 11.2 Å². The minimum absolute atomic E-state index is 0.506. The lowest BCUT2D eigenvalue weighted by atomic mass is 10.2. The van der Waals surface area contributed by atoms with Crippen molar-refractivity contribution in [2.45, 2.75) is 13.0 Å². The minimum atomic E-state index is 0.506. The number of nitriles is 1. The van der Waals surface area contributed by atoms with Gasteiger partial charge in [0.2, 0.25) is 0 Å². The SMILES string of the molecule is N#Cc1cccc(-n2nc3c(c2Cl)COCC3)c1. The van der Waals surface area contributed by atoms with Gasteiger partial charge >= 0.3 is 0 Å². The fourth-order valence-corrected chi connectivity index (χ4v) is 2.34. The number of hydrogen-bond acceptors (Lipinski definition) is 3. The Morgan fingerprint density at radius 2 is 2.33 bits per heavy atom. The number of benzene rings is 1. The molecular weight excluding hydrogens is 250 g/mol. The second kappa shape index (κ2) is 4.45. The summed E-state index contributed by atoms with van der Waals surface area (Å²) in [6.45, 7) is 1.19. The molecule has 0 saturated heterocycles. The number of ether oxygens (including phenoxy) is 1. The molecule has 0 radical (unpaired) electrons. The van der Waals surface area contributed by atoms with E-state index in [0.717, 1.165) is 23.4 Å². The summed E-state index contributed by atoms with van der Waals surface area (Å²) in [5, 5.41) is 14.0. The van der Waals surface area contributed by atoms with Gasteiger partial charge in [0, 0.05) is 12.0 Å². The smallest absolute Gasteiger partial charge is 0.138 e. The van der Waals surface area contributed by atoms with E-state index in [-0.39, 0.29) is 0 Å². The molecule has 3 rings (SSSR count). The van der Waals surface area contributed by atoms with Crippen molar-refractivity contribution in [3.8, 4) is 11.8 Å². The molecular formula is C13H10ClN3O. The van der Waals surface area contributed by atoms with Crippen molar-refractivity contribution in [3.63, 3.8) is 0 Å². The standard InChI is InChI=1S/C13H10ClN3O/c14-13-11-8-18-5-4-12(11)16-17(13)10-3-1-2-9(6-10)7-15/h1-3,6H,4-5,8H2. The Labute approximate surface area is 109 Å². The predicted molar refractivity (Wildman–Crippen MR) is 66.6 cm³/mol. The van der Waals surface area contributed by atoms with E-state index in [1.54, 1.807) is 16.8 Å². The maximum Gasteiger partial charge on any atom is 0.138 e. The van der Waals surface area contributed by atoms with Gasteiger partial charge in [-0.2, -0.15) is 10.4 Å². The average Bonchev–Trinajstić information content (AvgIpc) is 2.77. The van der Waals surface area contributed by atoms with E-state index in [0.29, 0.717) is 23.9 Å². The van der Waals surface area contributed by atoms with Crippen LogP contribution in [0.4, 0.5) is 0 Å². The van der Waals surface area contributed by atoms with E-state index in [9.17, 15) is 0 Å². The van der Waals surface area contributed by atoms with Gasteiger partial charge in [-0.05, 0) is 18.2 Å². The molecule has 0 N–H and O–H groups in total. The van der Waals surface area contributed by atoms with Crippen LogP contribution >= 0.6 is 11.6 Å². The number of fused-ring (bicyclic) bond motifs is 1. The summed E-state index contributed by atoms with van der Waals surface area (Å²) >= 11 is 6.31. The molecule has 1 aromatic heterocycles. The highest BCUT2D eigenvalue weighted by molar-refractivity contribution is 6.30. The first-order valence-electron chi connectivity index (χ1n) is 5.64. The average molecular weight is 260 g/mol. The summed E-state index contributed by atoms with van der Waals surface area (Å²) in [6.07, 6.45) is 0.778. The van der Waals surface area contributed by atoms with Gasteiger partial charge in [-0.1, -0.05) is 17.7 Å². The zero-order valence-corrected chi connectivity index (χ0v) is 10.3. The first-order valence-corrected chi connectivity index (χ1v) is 6.02. The molecule has 2 aromatic rings. The monoisotopic (exact) mass is 259 g/mol. The van der Waals surface area contributed by atoms with Crippen LogP contribution in [0.2, 0.25) is 5.15 Å². The summed E-state index contributed by atoms with van der Waals surface area (Å²) in [6, 6.07) is 9.33. The van der Waals surface area contributed by atoms with E-state index < -0.39 is 0 Å². The van der Waals surface area contributed by atoms with Crippen molar-refractivity contribution >= 4 is 11.6 Å². The molecule has 0 unspecified atom stereocenters. The summed E-state index contributed by atoms with van der Waals surface area (Å²) < 4.78 is 7.05. The predicted octanol–water partition coefficient (Wildman–Crippen LogP) is 2.47. The minimum Gasteiger partial charge on any atom is -0.376 e. The summed E-state index contributed by atoms with van der Waals surface area (Å²) in [4.78, 5) is 0. The van der Waals surface area contributed by atoms with Crippen LogP contribution in [0.3, 0.4) is 0 Å². The van der Waals surface area contributed by atoms with Gasteiger partial charge in [0.1, 0.15) is 5.15 Å². The molecule has 0 saturated carbocycles. The Kier molecular flexibility index (Phi) is 2.78. The van der Waals surface area contributed by atoms with Crippen LogP contribution in [-0.2, 0) is 17.8 Å². The Hall–Kier alpha value is -1.83. The van der Waals surface area contributed by atoms with Gasteiger partial charge in [0.15, 0.2) is 0 Å². The van der Waals surface area contributed by atoms with Crippen LogP contribution in [0.25, 0.3) is 5.69 Å². The quantitative estimate of drug-likeness (QED) is 0.791. The Balaban J connectivity index is 2.12. The number of hydrogen-bond donors (Lipinski definition) is 0. The molecule has 0 amide bonds. The molecule has 0 fully saturated rings. The van der Waals surface area contributed by atoms with Crippen molar-refractivity contribution in [1.82, 2.24) is 9.78 Å². The highest BCUT2D eigenvalue weighted by Gasteiger charge is 2.20. The fourth-order valence-electron chi connectivity index (χ4n) is 2.04. The third-order valence-electron chi connectivity index (χ3n) is 2.95. The molecule has 0 spiro atoms. The lowest BCUT2D eigenvalue weighted by Gasteiger charge is -2.09. The molecule has 1 aromatic carbocycles. The molecule has 0 aliphatic carbocycles. The maximum absolute atomic E-state index is 8.91. The van der Waals surface area contributed by atoms with E-state index in [1.165, 1.54) is 0 Å². The number of aromatic nitrogens is 2. The van der Waals surface area contributed by atoms with Crippen LogP contribution in [0, 0.1) is 11.3 Å². The van der Waals surface area contributed by atoms with Gasteiger partial charge in [-0.15, -0.1) is 0 Å². The summed E-state index contributed by atoms with van der Waals surface area (Å²) in [5.74, 6) is 0. The van der Waals surface area contributed by atoms with Crippen molar-refractivity contribution in [2.75, 3.05) is 6.61 Å². The van der Waals surface area contributed by atoms with Crippen LogP contribution < -0.4 is 0 Å². The van der Waals surface area contributed by atoms with Gasteiger partial charge in [0.05, 0.1) is 36.2 Å². The maximum atomic E-state index is 8.91. The fraction of sp³-hybridized carbons (Fsp3) is 0.231. The molecule has 18 heavy (non-hydrogen) atoms. The number of rotatable bonds is 1. The largest absolute Gasteiger partial charge is 0.376 e. The summed E-state index contributed by atoms with van der Waals surface area (Å²) in [5.41, 5.74) is 3.32. The molecule has 1 aliphatic heterocycles. The third kappa shape index (κ3) is 1.78.